The minimum absolute atomic E-state index is 0.0422. The van der Waals surface area contributed by atoms with Crippen molar-refractivity contribution < 1.29 is 9.90 Å². The van der Waals surface area contributed by atoms with E-state index in [9.17, 15) is 4.79 Å². The number of aliphatic hydroxyl groups excluding tert-OH is 1. The monoisotopic (exact) mass is 225 g/mol. The van der Waals surface area contributed by atoms with Crippen molar-refractivity contribution in [1.29, 1.82) is 0 Å². The first-order chi connectivity index (χ1) is 7.63. The molecule has 90 valence electrons. The van der Waals surface area contributed by atoms with E-state index in [0.717, 1.165) is 0 Å². The van der Waals surface area contributed by atoms with Gasteiger partial charge in [0.05, 0.1) is 13.2 Å². The summed E-state index contributed by atoms with van der Waals surface area (Å²) >= 11 is 0. The van der Waals surface area contributed by atoms with Gasteiger partial charge in [-0.1, -0.05) is 6.08 Å². The van der Waals surface area contributed by atoms with Crippen LogP contribution in [-0.4, -0.2) is 49.4 Å². The van der Waals surface area contributed by atoms with Crippen LogP contribution in [0.4, 0.5) is 0 Å². The molecule has 5 nitrogen and oxygen atoms in total. The second-order valence-corrected chi connectivity index (χ2v) is 3.25. The Morgan fingerprint density at radius 1 is 1.62 bits per heavy atom. The van der Waals surface area contributed by atoms with Gasteiger partial charge in [-0.05, 0) is 26.8 Å². The Balaban J connectivity index is 4.11. The van der Waals surface area contributed by atoms with Crippen LogP contribution >= 0.6 is 0 Å². The Hall–Kier alpha value is -1.46. The normalized spacial score (nSPS) is 12.1. The first-order valence-electron chi connectivity index (χ1n) is 5.02. The van der Waals surface area contributed by atoms with Gasteiger partial charge in [-0.15, -0.1) is 0 Å². The van der Waals surface area contributed by atoms with Crippen LogP contribution < -0.4 is 5.32 Å². The number of nitrogens with one attached hydrogen (secondary N) is 1. The third-order valence-electron chi connectivity index (χ3n) is 1.85. The molecule has 2 N–H and O–H groups in total. The molecule has 0 saturated heterocycles. The number of allylic oxidation sites excluding steroid dienone is 2. The lowest BCUT2D eigenvalue weighted by atomic mass is 10.3. The van der Waals surface area contributed by atoms with Gasteiger partial charge < -0.3 is 10.4 Å². The summed E-state index contributed by atoms with van der Waals surface area (Å²) in [5.74, 6) is -0.127. The number of aliphatic hydroxyl groups is 1. The minimum atomic E-state index is -0.127. The lowest BCUT2D eigenvalue weighted by Gasteiger charge is -2.14. The molecule has 0 rings (SSSR count). The van der Waals surface area contributed by atoms with Crippen molar-refractivity contribution in [3.63, 3.8) is 0 Å². The number of carbonyl (C=O) groups is 1. The zero-order valence-electron chi connectivity index (χ0n) is 9.81. The van der Waals surface area contributed by atoms with Crippen LogP contribution in [0.2, 0.25) is 0 Å². The third kappa shape index (κ3) is 6.92. The van der Waals surface area contributed by atoms with Crippen molar-refractivity contribution in [1.82, 2.24) is 10.2 Å². The van der Waals surface area contributed by atoms with Crippen molar-refractivity contribution in [3.8, 4) is 0 Å². The van der Waals surface area contributed by atoms with Gasteiger partial charge >= 0.3 is 0 Å². The van der Waals surface area contributed by atoms with E-state index in [4.69, 9.17) is 5.11 Å². The van der Waals surface area contributed by atoms with E-state index < -0.39 is 0 Å². The molecule has 0 unspecified atom stereocenters. The molecular formula is C11H19N3O2. The van der Waals surface area contributed by atoms with Gasteiger partial charge in [0.15, 0.2) is 0 Å². The fraction of sp³-hybridized carbons (Fsp3) is 0.455. The van der Waals surface area contributed by atoms with Gasteiger partial charge in [0.25, 0.3) is 0 Å². The van der Waals surface area contributed by atoms with Gasteiger partial charge in [-0.3, -0.25) is 14.7 Å². The van der Waals surface area contributed by atoms with Crippen molar-refractivity contribution in [2.24, 2.45) is 4.99 Å². The fourth-order valence-corrected chi connectivity index (χ4v) is 1.04. The van der Waals surface area contributed by atoms with E-state index in [-0.39, 0.29) is 19.1 Å². The zero-order chi connectivity index (χ0) is 12.4. The SMILES string of the molecule is C=N/C=C\C(=C/C)NC(=O)CN(C)CCO. The Kier molecular flexibility index (Phi) is 8.01. The molecule has 0 atom stereocenters. The highest BCUT2D eigenvalue weighted by molar-refractivity contribution is 5.80. The smallest absolute Gasteiger partial charge is 0.238 e. The number of likely N-dealkylation sites (N-methyl/N-ethyl adjacent to an activating group) is 1. The van der Waals surface area contributed by atoms with Gasteiger partial charge in [-0.2, -0.15) is 0 Å². The fourth-order valence-electron chi connectivity index (χ4n) is 1.04. The highest BCUT2D eigenvalue weighted by atomic mass is 16.3. The lowest BCUT2D eigenvalue weighted by molar-refractivity contribution is -0.121. The molecule has 1 amide bonds. The predicted molar refractivity (Wildman–Crippen MR) is 65.2 cm³/mol. The zero-order valence-corrected chi connectivity index (χ0v) is 9.81. The number of hydrogen-bond acceptors (Lipinski definition) is 4. The maximum atomic E-state index is 11.5. The number of amides is 1. The van der Waals surface area contributed by atoms with E-state index in [1.54, 1.807) is 24.1 Å². The van der Waals surface area contributed by atoms with Gasteiger partial charge in [-0.25, -0.2) is 0 Å². The molecular weight excluding hydrogens is 206 g/mol. The van der Waals surface area contributed by atoms with Crippen LogP contribution in [-0.2, 0) is 4.79 Å². The van der Waals surface area contributed by atoms with Crippen LogP contribution in [0.1, 0.15) is 6.92 Å². The molecule has 0 heterocycles. The molecule has 0 bridgehead atoms. The van der Waals surface area contributed by atoms with Crippen LogP contribution in [0.15, 0.2) is 29.0 Å². The Bertz CT molecular complexity index is 285. The number of rotatable bonds is 7. The number of nitrogens with zero attached hydrogens (tertiary/aromatic N) is 2. The van der Waals surface area contributed by atoms with E-state index >= 15 is 0 Å². The number of hydrogen-bond donors (Lipinski definition) is 2. The van der Waals surface area contributed by atoms with Crippen LogP contribution in [0.5, 0.6) is 0 Å². The summed E-state index contributed by atoms with van der Waals surface area (Å²) in [5, 5.41) is 11.4. The molecule has 5 heteroatoms. The summed E-state index contributed by atoms with van der Waals surface area (Å²) in [7, 11) is 1.77. The Labute approximate surface area is 96.2 Å². The average molecular weight is 225 g/mol. The molecule has 0 aliphatic heterocycles. The summed E-state index contributed by atoms with van der Waals surface area (Å²) in [6.07, 6.45) is 4.94. The molecule has 16 heavy (non-hydrogen) atoms. The largest absolute Gasteiger partial charge is 0.395 e. The van der Waals surface area contributed by atoms with Crippen LogP contribution in [0, 0.1) is 0 Å². The first kappa shape index (κ1) is 14.5. The van der Waals surface area contributed by atoms with Crippen LogP contribution in [0.25, 0.3) is 0 Å². The summed E-state index contributed by atoms with van der Waals surface area (Å²) in [5.41, 5.74) is 0.676. The van der Waals surface area contributed by atoms with E-state index in [0.29, 0.717) is 12.2 Å². The Morgan fingerprint density at radius 2 is 2.31 bits per heavy atom. The number of aliphatic imine (C=N–C) groups is 1. The Morgan fingerprint density at radius 3 is 2.81 bits per heavy atom. The highest BCUT2D eigenvalue weighted by Crippen LogP contribution is 1.92. The topological polar surface area (TPSA) is 64.9 Å². The predicted octanol–water partition coefficient (Wildman–Crippen LogP) is 0.145. The molecule has 0 aliphatic rings. The molecule has 0 aliphatic carbocycles. The molecule has 0 radical (unpaired) electrons. The maximum absolute atomic E-state index is 11.5. The number of carbonyl (C=O) groups excluding carboxylic acids is 1. The molecule has 0 aromatic carbocycles. The summed E-state index contributed by atoms with van der Waals surface area (Å²) in [6.45, 7) is 5.89. The van der Waals surface area contributed by atoms with Crippen molar-refractivity contribution in [3.05, 3.63) is 24.0 Å². The standard InChI is InChI=1S/C11H19N3O2/c1-4-10(5-6-12-2)13-11(16)9-14(3)7-8-15/h4-6,15H,2,7-9H2,1,3H3,(H,13,16)/b6-5-,10-4+. The second kappa shape index (κ2) is 8.82. The van der Waals surface area contributed by atoms with E-state index in [1.807, 2.05) is 6.92 Å². The average Bonchev–Trinajstić information content (AvgIpc) is 2.24. The quantitative estimate of drug-likeness (QED) is 0.478. The molecule has 0 saturated carbocycles. The molecule has 0 fully saturated rings. The second-order valence-electron chi connectivity index (χ2n) is 3.25. The van der Waals surface area contributed by atoms with Crippen LogP contribution in [0.3, 0.4) is 0 Å². The maximum Gasteiger partial charge on any atom is 0.238 e. The highest BCUT2D eigenvalue weighted by Gasteiger charge is 2.05. The molecule has 0 aromatic rings. The third-order valence-corrected chi connectivity index (χ3v) is 1.85. The lowest BCUT2D eigenvalue weighted by Crippen LogP contribution is -2.35. The van der Waals surface area contributed by atoms with Gasteiger partial charge in [0, 0.05) is 18.4 Å². The first-order valence-corrected chi connectivity index (χ1v) is 5.02. The van der Waals surface area contributed by atoms with E-state index in [2.05, 4.69) is 17.0 Å². The summed E-state index contributed by atoms with van der Waals surface area (Å²) < 4.78 is 0. The molecule has 0 spiro atoms. The van der Waals surface area contributed by atoms with E-state index in [1.165, 1.54) is 6.20 Å². The van der Waals surface area contributed by atoms with Crippen molar-refractivity contribution in [2.75, 3.05) is 26.7 Å². The van der Waals surface area contributed by atoms with Crippen molar-refractivity contribution >= 4 is 12.6 Å². The minimum Gasteiger partial charge on any atom is -0.395 e. The van der Waals surface area contributed by atoms with Crippen molar-refractivity contribution in [2.45, 2.75) is 6.92 Å². The van der Waals surface area contributed by atoms with Gasteiger partial charge in [0.1, 0.15) is 0 Å². The van der Waals surface area contributed by atoms with Gasteiger partial charge in [0.2, 0.25) is 5.91 Å². The molecule has 0 aromatic heterocycles. The summed E-state index contributed by atoms with van der Waals surface area (Å²) in [6, 6.07) is 0. The summed E-state index contributed by atoms with van der Waals surface area (Å²) in [4.78, 5) is 16.8.